The Morgan fingerprint density at radius 3 is 2.46 bits per heavy atom. The zero-order valence-electron chi connectivity index (χ0n) is 15.1. The minimum Gasteiger partial charge on any atom is -0.489 e. The standard InChI is InChI=1S/C19H24N2O5/c1-20(10-12-24-2)11-13-25-19-14-17(8-9-18(19)21(22)23)26-15-16-6-4-3-5-7-16/h3-9,14H,10-13,15H2,1-2H3. The summed E-state index contributed by atoms with van der Waals surface area (Å²) in [7, 11) is 3.59. The van der Waals surface area contributed by atoms with Crippen LogP contribution in [0.4, 0.5) is 5.69 Å². The van der Waals surface area contributed by atoms with Gasteiger partial charge in [0.1, 0.15) is 19.0 Å². The smallest absolute Gasteiger partial charge is 0.311 e. The first-order valence-electron chi connectivity index (χ1n) is 8.35. The van der Waals surface area contributed by atoms with Gasteiger partial charge in [-0.15, -0.1) is 0 Å². The molecule has 140 valence electrons. The lowest BCUT2D eigenvalue weighted by Crippen LogP contribution is -2.27. The lowest BCUT2D eigenvalue weighted by atomic mass is 10.2. The summed E-state index contributed by atoms with van der Waals surface area (Å²) in [6.07, 6.45) is 0. The summed E-state index contributed by atoms with van der Waals surface area (Å²) >= 11 is 0. The minimum atomic E-state index is -0.453. The molecule has 2 rings (SSSR count). The van der Waals surface area contributed by atoms with Crippen molar-refractivity contribution in [3.05, 3.63) is 64.2 Å². The summed E-state index contributed by atoms with van der Waals surface area (Å²) in [4.78, 5) is 12.8. The first-order chi connectivity index (χ1) is 12.6. The van der Waals surface area contributed by atoms with Crippen molar-refractivity contribution in [2.75, 3.05) is 40.5 Å². The maximum Gasteiger partial charge on any atom is 0.311 e. The Morgan fingerprint density at radius 1 is 1.04 bits per heavy atom. The lowest BCUT2D eigenvalue weighted by molar-refractivity contribution is -0.385. The van der Waals surface area contributed by atoms with Crippen molar-refractivity contribution in [1.82, 2.24) is 4.90 Å². The summed E-state index contributed by atoms with van der Waals surface area (Å²) in [5, 5.41) is 11.2. The highest BCUT2D eigenvalue weighted by Gasteiger charge is 2.16. The van der Waals surface area contributed by atoms with E-state index in [-0.39, 0.29) is 11.4 Å². The van der Waals surface area contributed by atoms with Gasteiger partial charge < -0.3 is 19.1 Å². The van der Waals surface area contributed by atoms with Crippen LogP contribution in [0.5, 0.6) is 11.5 Å². The number of rotatable bonds is 11. The van der Waals surface area contributed by atoms with Gasteiger partial charge in [0.2, 0.25) is 5.75 Å². The van der Waals surface area contributed by atoms with Crippen molar-refractivity contribution in [1.29, 1.82) is 0 Å². The summed E-state index contributed by atoms with van der Waals surface area (Å²) in [6, 6.07) is 14.3. The molecule has 0 amide bonds. The molecule has 0 aliphatic heterocycles. The van der Waals surface area contributed by atoms with Crippen molar-refractivity contribution in [3.8, 4) is 11.5 Å². The molecule has 0 saturated heterocycles. The summed E-state index contributed by atoms with van der Waals surface area (Å²) in [6.45, 7) is 2.75. The summed E-state index contributed by atoms with van der Waals surface area (Å²) in [5.74, 6) is 0.739. The topological polar surface area (TPSA) is 74.1 Å². The largest absolute Gasteiger partial charge is 0.489 e. The van der Waals surface area contributed by atoms with Crippen LogP contribution in [-0.2, 0) is 11.3 Å². The molecule has 0 radical (unpaired) electrons. The Balaban J connectivity index is 1.97. The van der Waals surface area contributed by atoms with E-state index in [1.54, 1.807) is 19.2 Å². The average molecular weight is 360 g/mol. The number of methoxy groups -OCH3 is 1. The second kappa shape index (κ2) is 10.4. The molecule has 0 aromatic heterocycles. The number of ether oxygens (including phenoxy) is 3. The molecule has 7 heteroatoms. The van der Waals surface area contributed by atoms with Crippen LogP contribution in [0, 0.1) is 10.1 Å². The van der Waals surface area contributed by atoms with Crippen LogP contribution in [0.2, 0.25) is 0 Å². The van der Waals surface area contributed by atoms with Gasteiger partial charge in [0.15, 0.2) is 0 Å². The number of hydrogen-bond donors (Lipinski definition) is 0. The number of hydrogen-bond acceptors (Lipinski definition) is 6. The molecule has 7 nitrogen and oxygen atoms in total. The molecule has 0 heterocycles. The second-order valence-electron chi connectivity index (χ2n) is 5.81. The van der Waals surface area contributed by atoms with Gasteiger partial charge in [-0.2, -0.15) is 0 Å². The van der Waals surface area contributed by atoms with Gasteiger partial charge in [0, 0.05) is 32.3 Å². The normalized spacial score (nSPS) is 10.7. The van der Waals surface area contributed by atoms with Gasteiger partial charge >= 0.3 is 5.69 Å². The number of benzene rings is 2. The lowest BCUT2D eigenvalue weighted by Gasteiger charge is -2.16. The van der Waals surface area contributed by atoms with Gasteiger partial charge in [-0.05, 0) is 18.7 Å². The Labute approximate surface area is 153 Å². The zero-order valence-corrected chi connectivity index (χ0v) is 15.1. The molecule has 0 fully saturated rings. The van der Waals surface area contributed by atoms with Crippen LogP contribution >= 0.6 is 0 Å². The third kappa shape index (κ3) is 6.34. The van der Waals surface area contributed by atoms with Crippen LogP contribution in [0.15, 0.2) is 48.5 Å². The van der Waals surface area contributed by atoms with E-state index < -0.39 is 4.92 Å². The van der Waals surface area contributed by atoms with Crippen LogP contribution in [0.25, 0.3) is 0 Å². The first-order valence-corrected chi connectivity index (χ1v) is 8.35. The Kier molecular flexibility index (Phi) is 7.85. The van der Waals surface area contributed by atoms with E-state index in [4.69, 9.17) is 14.2 Å². The second-order valence-corrected chi connectivity index (χ2v) is 5.81. The molecule has 26 heavy (non-hydrogen) atoms. The number of likely N-dealkylation sites (N-methyl/N-ethyl adjacent to an activating group) is 1. The number of nitro groups is 1. The molecule has 2 aromatic rings. The third-order valence-corrected chi connectivity index (χ3v) is 3.78. The molecule has 0 unspecified atom stereocenters. The molecule has 0 aliphatic carbocycles. The van der Waals surface area contributed by atoms with E-state index in [0.29, 0.717) is 32.1 Å². The van der Waals surface area contributed by atoms with Crippen LogP contribution in [0.3, 0.4) is 0 Å². The molecule has 0 saturated carbocycles. The SMILES string of the molecule is COCCN(C)CCOc1cc(OCc2ccccc2)ccc1[N+](=O)[O-]. The summed E-state index contributed by atoms with van der Waals surface area (Å²) in [5.41, 5.74) is 0.949. The predicted molar refractivity (Wildman–Crippen MR) is 98.7 cm³/mol. The predicted octanol–water partition coefficient (Wildman–Crippen LogP) is 3.13. The van der Waals surface area contributed by atoms with Gasteiger partial charge in [-0.25, -0.2) is 0 Å². The molecular formula is C19H24N2O5. The number of nitro benzene ring substituents is 1. The van der Waals surface area contributed by atoms with E-state index in [1.807, 2.05) is 42.3 Å². The fourth-order valence-electron chi connectivity index (χ4n) is 2.26. The molecule has 0 N–H and O–H groups in total. The van der Waals surface area contributed by atoms with Gasteiger partial charge in [-0.3, -0.25) is 10.1 Å². The number of nitrogens with zero attached hydrogens (tertiary/aromatic N) is 2. The minimum absolute atomic E-state index is 0.0726. The van der Waals surface area contributed by atoms with Crippen LogP contribution < -0.4 is 9.47 Å². The molecule has 2 aromatic carbocycles. The molecule has 0 spiro atoms. The van der Waals surface area contributed by atoms with Crippen molar-refractivity contribution in [2.24, 2.45) is 0 Å². The van der Waals surface area contributed by atoms with Gasteiger partial charge in [0.05, 0.1) is 11.5 Å². The van der Waals surface area contributed by atoms with Gasteiger partial charge in [-0.1, -0.05) is 30.3 Å². The van der Waals surface area contributed by atoms with Crippen molar-refractivity contribution >= 4 is 5.69 Å². The monoisotopic (exact) mass is 360 g/mol. The fraction of sp³-hybridized carbons (Fsp3) is 0.368. The van der Waals surface area contributed by atoms with Crippen LogP contribution in [-0.4, -0.2) is 50.3 Å². The van der Waals surface area contributed by atoms with Crippen molar-refractivity contribution in [2.45, 2.75) is 6.61 Å². The Hall–Kier alpha value is -2.64. The molecule has 0 aliphatic rings. The van der Waals surface area contributed by atoms with Crippen molar-refractivity contribution < 1.29 is 19.1 Å². The Morgan fingerprint density at radius 2 is 1.77 bits per heavy atom. The van der Waals surface area contributed by atoms with E-state index in [1.165, 1.54) is 6.07 Å². The van der Waals surface area contributed by atoms with Gasteiger partial charge in [0.25, 0.3) is 0 Å². The third-order valence-electron chi connectivity index (χ3n) is 3.78. The molecule has 0 atom stereocenters. The Bertz CT molecular complexity index is 694. The van der Waals surface area contributed by atoms with Crippen LogP contribution in [0.1, 0.15) is 5.56 Å². The zero-order chi connectivity index (χ0) is 18.8. The quantitative estimate of drug-likeness (QED) is 0.453. The summed E-state index contributed by atoms with van der Waals surface area (Å²) < 4.78 is 16.4. The van der Waals surface area contributed by atoms with Crippen molar-refractivity contribution in [3.63, 3.8) is 0 Å². The highest BCUT2D eigenvalue weighted by molar-refractivity contribution is 5.50. The maximum absolute atomic E-state index is 11.2. The van der Waals surface area contributed by atoms with E-state index >= 15 is 0 Å². The van der Waals surface area contributed by atoms with E-state index in [0.717, 1.165) is 12.1 Å². The fourth-order valence-corrected chi connectivity index (χ4v) is 2.26. The average Bonchev–Trinajstić information content (AvgIpc) is 2.65. The molecular weight excluding hydrogens is 336 g/mol. The first kappa shape index (κ1) is 19.7. The maximum atomic E-state index is 11.2. The van der Waals surface area contributed by atoms with E-state index in [9.17, 15) is 10.1 Å². The highest BCUT2D eigenvalue weighted by Crippen LogP contribution is 2.31. The highest BCUT2D eigenvalue weighted by atomic mass is 16.6. The molecule has 0 bridgehead atoms. The van der Waals surface area contributed by atoms with E-state index in [2.05, 4.69) is 0 Å².